The van der Waals surface area contributed by atoms with Crippen LogP contribution in [0.5, 0.6) is 0 Å². The van der Waals surface area contributed by atoms with Crippen molar-refractivity contribution in [2.24, 2.45) is 0 Å². The van der Waals surface area contributed by atoms with E-state index in [9.17, 15) is 9.18 Å². The molecule has 1 aromatic carbocycles. The molecule has 18 heavy (non-hydrogen) atoms. The molecule has 1 heterocycles. The number of halogens is 2. The van der Waals surface area contributed by atoms with Gasteiger partial charge in [0.15, 0.2) is 5.82 Å². The van der Waals surface area contributed by atoms with Gasteiger partial charge in [0, 0.05) is 22.5 Å². The molecule has 4 nitrogen and oxygen atoms in total. The highest BCUT2D eigenvalue weighted by atomic mass is 35.5. The van der Waals surface area contributed by atoms with E-state index < -0.39 is 11.7 Å². The Hall–Kier alpha value is -2.14. The fraction of sp³-hybridized carbons (Fsp3) is 0. The van der Waals surface area contributed by atoms with Gasteiger partial charge >= 0.3 is 0 Å². The van der Waals surface area contributed by atoms with E-state index in [4.69, 9.17) is 17.3 Å². The van der Waals surface area contributed by atoms with Gasteiger partial charge in [0.2, 0.25) is 0 Å². The molecule has 3 N–H and O–H groups in total. The van der Waals surface area contributed by atoms with E-state index in [2.05, 4.69) is 10.3 Å². The van der Waals surface area contributed by atoms with Gasteiger partial charge < -0.3 is 11.1 Å². The van der Waals surface area contributed by atoms with Gasteiger partial charge in [-0.1, -0.05) is 11.6 Å². The number of amides is 1. The fourth-order valence-corrected chi connectivity index (χ4v) is 1.66. The standard InChI is InChI=1S/C12H9ClFN3O/c13-8-3-7(4-9(15)5-8)12(18)17-11-1-2-16-6-10(11)14/h1-6H,15H2,(H,16,17,18). The lowest BCUT2D eigenvalue weighted by atomic mass is 10.2. The lowest BCUT2D eigenvalue weighted by Gasteiger charge is -2.07. The number of nitrogens with one attached hydrogen (secondary N) is 1. The summed E-state index contributed by atoms with van der Waals surface area (Å²) in [6.07, 6.45) is 2.40. The minimum absolute atomic E-state index is 0.0496. The quantitative estimate of drug-likeness (QED) is 0.821. The minimum Gasteiger partial charge on any atom is -0.399 e. The average Bonchev–Trinajstić information content (AvgIpc) is 2.31. The maximum Gasteiger partial charge on any atom is 0.255 e. The third-order valence-electron chi connectivity index (χ3n) is 2.20. The van der Waals surface area contributed by atoms with Crippen molar-refractivity contribution in [3.05, 3.63) is 53.1 Å². The SMILES string of the molecule is Nc1cc(Cl)cc(C(=O)Nc2ccncc2F)c1. The van der Waals surface area contributed by atoms with Crippen molar-refractivity contribution in [1.82, 2.24) is 4.98 Å². The first kappa shape index (κ1) is 12.3. The van der Waals surface area contributed by atoms with E-state index in [1.54, 1.807) is 0 Å². The second kappa shape index (κ2) is 5.01. The molecule has 0 aliphatic heterocycles. The van der Waals surface area contributed by atoms with Gasteiger partial charge in [0.05, 0.1) is 11.9 Å². The summed E-state index contributed by atoms with van der Waals surface area (Å²) in [4.78, 5) is 15.4. The number of hydrogen-bond donors (Lipinski definition) is 2. The first-order chi connectivity index (χ1) is 8.56. The molecule has 0 saturated heterocycles. The molecule has 0 radical (unpaired) electrons. The Kier molecular flexibility index (Phi) is 3.43. The van der Waals surface area contributed by atoms with Gasteiger partial charge in [-0.3, -0.25) is 9.78 Å². The molecule has 0 bridgehead atoms. The lowest BCUT2D eigenvalue weighted by Crippen LogP contribution is -2.13. The van der Waals surface area contributed by atoms with Crippen LogP contribution in [0.15, 0.2) is 36.7 Å². The second-order valence-corrected chi connectivity index (χ2v) is 4.02. The molecule has 1 amide bonds. The molecule has 0 fully saturated rings. The highest BCUT2D eigenvalue weighted by molar-refractivity contribution is 6.31. The molecule has 2 aromatic rings. The van der Waals surface area contributed by atoms with Gasteiger partial charge in [0.25, 0.3) is 5.91 Å². The Morgan fingerprint density at radius 1 is 1.39 bits per heavy atom. The number of pyridine rings is 1. The van der Waals surface area contributed by atoms with E-state index in [0.717, 1.165) is 6.20 Å². The molecule has 6 heteroatoms. The van der Waals surface area contributed by atoms with Crippen LogP contribution in [0.3, 0.4) is 0 Å². The Bertz CT molecular complexity index is 583. The molecule has 0 aliphatic carbocycles. The summed E-state index contributed by atoms with van der Waals surface area (Å²) in [6, 6.07) is 5.79. The Labute approximate surface area is 108 Å². The van der Waals surface area contributed by atoms with E-state index in [0.29, 0.717) is 10.7 Å². The van der Waals surface area contributed by atoms with E-state index in [-0.39, 0.29) is 11.3 Å². The molecule has 0 saturated carbocycles. The number of aromatic nitrogens is 1. The normalized spacial score (nSPS) is 10.1. The highest BCUT2D eigenvalue weighted by Crippen LogP contribution is 2.18. The molecule has 0 spiro atoms. The van der Waals surface area contributed by atoms with Crippen molar-refractivity contribution in [1.29, 1.82) is 0 Å². The molecule has 0 atom stereocenters. The summed E-state index contributed by atoms with van der Waals surface area (Å²) >= 11 is 5.78. The summed E-state index contributed by atoms with van der Waals surface area (Å²) in [5.74, 6) is -1.10. The first-order valence-electron chi connectivity index (χ1n) is 5.03. The van der Waals surface area contributed by atoms with Crippen LogP contribution < -0.4 is 11.1 Å². The van der Waals surface area contributed by atoms with Crippen LogP contribution in [0.2, 0.25) is 5.02 Å². The predicted octanol–water partition coefficient (Wildman–Crippen LogP) is 2.71. The summed E-state index contributed by atoms with van der Waals surface area (Å²) in [7, 11) is 0. The zero-order chi connectivity index (χ0) is 13.1. The van der Waals surface area contributed by atoms with Crippen molar-refractivity contribution < 1.29 is 9.18 Å². The molecular weight excluding hydrogens is 257 g/mol. The van der Waals surface area contributed by atoms with Crippen molar-refractivity contribution >= 4 is 28.9 Å². The minimum atomic E-state index is -0.610. The van der Waals surface area contributed by atoms with Crippen LogP contribution in [-0.4, -0.2) is 10.9 Å². The van der Waals surface area contributed by atoms with Crippen LogP contribution in [0.25, 0.3) is 0 Å². The van der Waals surface area contributed by atoms with Gasteiger partial charge in [-0.15, -0.1) is 0 Å². The van der Waals surface area contributed by atoms with Crippen LogP contribution in [0.1, 0.15) is 10.4 Å². The van der Waals surface area contributed by atoms with Gasteiger partial charge in [-0.05, 0) is 24.3 Å². The van der Waals surface area contributed by atoms with Crippen LogP contribution in [-0.2, 0) is 0 Å². The van der Waals surface area contributed by atoms with Gasteiger partial charge in [0.1, 0.15) is 0 Å². The largest absolute Gasteiger partial charge is 0.399 e. The van der Waals surface area contributed by atoms with Crippen molar-refractivity contribution in [3.8, 4) is 0 Å². The summed E-state index contributed by atoms with van der Waals surface area (Å²) in [5.41, 5.74) is 6.25. The Morgan fingerprint density at radius 2 is 2.17 bits per heavy atom. The van der Waals surface area contributed by atoms with E-state index in [1.165, 1.54) is 30.5 Å². The number of nitrogen functional groups attached to an aromatic ring is 1. The van der Waals surface area contributed by atoms with Gasteiger partial charge in [-0.25, -0.2) is 4.39 Å². The first-order valence-corrected chi connectivity index (χ1v) is 5.41. The average molecular weight is 266 g/mol. The van der Waals surface area contributed by atoms with Crippen molar-refractivity contribution in [2.75, 3.05) is 11.1 Å². The number of hydrogen-bond acceptors (Lipinski definition) is 3. The predicted molar refractivity (Wildman–Crippen MR) is 68.0 cm³/mol. The summed E-state index contributed by atoms with van der Waals surface area (Å²) in [5, 5.41) is 2.76. The zero-order valence-electron chi connectivity index (χ0n) is 9.15. The smallest absolute Gasteiger partial charge is 0.255 e. The fourth-order valence-electron chi connectivity index (χ4n) is 1.41. The van der Waals surface area contributed by atoms with Crippen LogP contribution in [0, 0.1) is 5.82 Å². The highest BCUT2D eigenvalue weighted by Gasteiger charge is 2.10. The van der Waals surface area contributed by atoms with Crippen molar-refractivity contribution in [3.63, 3.8) is 0 Å². The molecular formula is C12H9ClFN3O. The van der Waals surface area contributed by atoms with E-state index in [1.807, 2.05) is 0 Å². The Balaban J connectivity index is 2.25. The maximum atomic E-state index is 13.3. The second-order valence-electron chi connectivity index (χ2n) is 3.58. The number of anilines is 2. The Morgan fingerprint density at radius 3 is 2.83 bits per heavy atom. The van der Waals surface area contributed by atoms with Crippen molar-refractivity contribution in [2.45, 2.75) is 0 Å². The molecule has 0 aliphatic rings. The summed E-state index contributed by atoms with van der Waals surface area (Å²) in [6.45, 7) is 0. The molecule has 92 valence electrons. The monoisotopic (exact) mass is 265 g/mol. The summed E-state index contributed by atoms with van der Waals surface area (Å²) < 4.78 is 13.3. The third kappa shape index (κ3) is 2.75. The third-order valence-corrected chi connectivity index (χ3v) is 2.42. The number of nitrogens with zero attached hydrogens (tertiary/aromatic N) is 1. The number of rotatable bonds is 2. The maximum absolute atomic E-state index is 13.3. The number of carbonyl (C=O) groups excluding carboxylic acids is 1. The molecule has 1 aromatic heterocycles. The van der Waals surface area contributed by atoms with Gasteiger partial charge in [-0.2, -0.15) is 0 Å². The molecule has 2 rings (SSSR count). The molecule has 0 unspecified atom stereocenters. The number of carbonyl (C=O) groups is 1. The topological polar surface area (TPSA) is 68.0 Å². The zero-order valence-corrected chi connectivity index (χ0v) is 9.91. The lowest BCUT2D eigenvalue weighted by molar-refractivity contribution is 0.102. The van der Waals surface area contributed by atoms with Crippen LogP contribution >= 0.6 is 11.6 Å². The van der Waals surface area contributed by atoms with Crippen LogP contribution in [0.4, 0.5) is 15.8 Å². The van der Waals surface area contributed by atoms with E-state index >= 15 is 0 Å². The number of benzene rings is 1. The number of nitrogens with two attached hydrogens (primary N) is 1.